The molecule has 0 amide bonds. The molecule has 2 N–H and O–H groups in total. The Hall–Kier alpha value is -3.38. The zero-order valence-electron chi connectivity index (χ0n) is 18.4. The van der Waals surface area contributed by atoms with Gasteiger partial charge in [0, 0.05) is 28.9 Å². The van der Waals surface area contributed by atoms with Crippen LogP contribution in [0.5, 0.6) is 0 Å². The Kier molecular flexibility index (Phi) is 6.65. The SMILES string of the molecule is CCC(C(=O)O)C(=O)CC(O)C=Cc1c(C2CC2)nc2ccccc2c1-c1ccc(F)cc1. The lowest BCUT2D eigenvalue weighted by Crippen LogP contribution is -2.26. The van der Waals surface area contributed by atoms with Gasteiger partial charge in [0.2, 0.25) is 0 Å². The Morgan fingerprint density at radius 2 is 1.85 bits per heavy atom. The first kappa shape index (κ1) is 22.8. The number of para-hydroxylation sites is 1. The number of hydrogen-bond donors (Lipinski definition) is 2. The molecule has 4 rings (SSSR count). The Morgan fingerprint density at radius 3 is 2.48 bits per heavy atom. The molecule has 5 nitrogen and oxygen atoms in total. The van der Waals surface area contributed by atoms with Crippen LogP contribution in [0.1, 0.15) is 49.8 Å². The fraction of sp³-hybridized carbons (Fsp3) is 0.296. The van der Waals surface area contributed by atoms with Gasteiger partial charge < -0.3 is 10.2 Å². The number of fused-ring (bicyclic) bond motifs is 1. The lowest BCUT2D eigenvalue weighted by Gasteiger charge is -2.16. The van der Waals surface area contributed by atoms with E-state index in [1.165, 1.54) is 18.2 Å². The number of halogens is 1. The molecule has 1 aromatic heterocycles. The molecular formula is C27H26FNO4. The van der Waals surface area contributed by atoms with Crippen LogP contribution < -0.4 is 0 Å². The van der Waals surface area contributed by atoms with Crippen LogP contribution in [-0.4, -0.2) is 33.1 Å². The Bertz CT molecular complexity index is 1210. The molecular weight excluding hydrogens is 421 g/mol. The normalized spacial score (nSPS) is 15.6. The van der Waals surface area contributed by atoms with E-state index in [0.29, 0.717) is 5.92 Å². The molecule has 1 saturated carbocycles. The van der Waals surface area contributed by atoms with Crippen LogP contribution >= 0.6 is 0 Å². The molecule has 0 spiro atoms. The number of pyridine rings is 1. The van der Waals surface area contributed by atoms with Crippen molar-refractivity contribution in [1.82, 2.24) is 4.98 Å². The highest BCUT2D eigenvalue weighted by Gasteiger charge is 2.30. The average Bonchev–Trinajstić information content (AvgIpc) is 3.63. The molecule has 1 heterocycles. The highest BCUT2D eigenvalue weighted by atomic mass is 19.1. The van der Waals surface area contributed by atoms with Crippen molar-refractivity contribution < 1.29 is 24.2 Å². The minimum atomic E-state index is -1.17. The predicted octanol–water partition coefficient (Wildman–Crippen LogP) is 5.36. The molecule has 1 aliphatic rings. The van der Waals surface area contributed by atoms with Gasteiger partial charge in [0.1, 0.15) is 17.5 Å². The minimum Gasteiger partial charge on any atom is -0.481 e. The summed E-state index contributed by atoms with van der Waals surface area (Å²) in [4.78, 5) is 28.4. The van der Waals surface area contributed by atoms with Gasteiger partial charge >= 0.3 is 5.97 Å². The molecule has 33 heavy (non-hydrogen) atoms. The summed E-state index contributed by atoms with van der Waals surface area (Å²) < 4.78 is 13.6. The van der Waals surface area contributed by atoms with Crippen molar-refractivity contribution in [2.24, 2.45) is 5.92 Å². The summed E-state index contributed by atoms with van der Waals surface area (Å²) >= 11 is 0. The second-order valence-corrected chi connectivity index (χ2v) is 8.48. The third-order valence-corrected chi connectivity index (χ3v) is 6.05. The standard InChI is InChI=1S/C27H26FNO4/c1-2-20(27(32)33)24(31)15-19(30)13-14-22-25(16-9-11-18(28)12-10-16)21-5-3-4-6-23(21)29-26(22)17-7-8-17/h3-6,9-14,17,19-20,30H,2,7-8,15H2,1H3,(H,32,33). The third kappa shape index (κ3) is 5.01. The van der Waals surface area contributed by atoms with Gasteiger partial charge in [0.25, 0.3) is 0 Å². The largest absolute Gasteiger partial charge is 0.481 e. The van der Waals surface area contributed by atoms with Crippen molar-refractivity contribution in [3.63, 3.8) is 0 Å². The average molecular weight is 448 g/mol. The van der Waals surface area contributed by atoms with Crippen molar-refractivity contribution in [3.05, 3.63) is 71.7 Å². The highest BCUT2D eigenvalue weighted by molar-refractivity contribution is 6.00. The second-order valence-electron chi connectivity index (χ2n) is 8.48. The van der Waals surface area contributed by atoms with Gasteiger partial charge in [-0.25, -0.2) is 4.39 Å². The highest BCUT2D eigenvalue weighted by Crippen LogP contribution is 2.45. The number of aliphatic carboxylic acids is 1. The first-order valence-electron chi connectivity index (χ1n) is 11.2. The number of aromatic nitrogens is 1. The lowest BCUT2D eigenvalue weighted by molar-refractivity contribution is -0.146. The number of carbonyl (C=O) groups is 2. The van der Waals surface area contributed by atoms with Crippen molar-refractivity contribution in [1.29, 1.82) is 0 Å². The van der Waals surface area contributed by atoms with Gasteiger partial charge in [-0.15, -0.1) is 0 Å². The number of ketones is 1. The van der Waals surface area contributed by atoms with Gasteiger partial charge in [-0.2, -0.15) is 0 Å². The molecule has 2 unspecified atom stereocenters. The van der Waals surface area contributed by atoms with Crippen LogP contribution in [0.4, 0.5) is 4.39 Å². The lowest BCUT2D eigenvalue weighted by atomic mass is 9.91. The summed E-state index contributed by atoms with van der Waals surface area (Å²) in [5.74, 6) is -2.81. The van der Waals surface area contributed by atoms with E-state index in [2.05, 4.69) is 0 Å². The topological polar surface area (TPSA) is 87.5 Å². The van der Waals surface area contributed by atoms with Gasteiger partial charge in [0.05, 0.1) is 17.3 Å². The van der Waals surface area contributed by atoms with E-state index in [-0.39, 0.29) is 18.7 Å². The number of carboxylic acid groups (broad SMARTS) is 1. The van der Waals surface area contributed by atoms with E-state index in [9.17, 15) is 24.2 Å². The molecule has 1 fully saturated rings. The van der Waals surface area contributed by atoms with Crippen molar-refractivity contribution in [2.45, 2.75) is 44.6 Å². The summed E-state index contributed by atoms with van der Waals surface area (Å²) in [6, 6.07) is 14.1. The number of Topliss-reactive ketones (excluding diaryl/α,β-unsaturated/α-hetero) is 1. The molecule has 0 radical (unpaired) electrons. The van der Waals surface area contributed by atoms with E-state index in [1.807, 2.05) is 24.3 Å². The maximum absolute atomic E-state index is 13.6. The van der Waals surface area contributed by atoms with Crippen molar-refractivity contribution in [3.8, 4) is 11.1 Å². The predicted molar refractivity (Wildman–Crippen MR) is 125 cm³/mol. The Morgan fingerprint density at radius 1 is 1.15 bits per heavy atom. The molecule has 0 saturated heterocycles. The number of rotatable bonds is 9. The van der Waals surface area contributed by atoms with E-state index in [0.717, 1.165) is 46.1 Å². The number of aliphatic hydroxyl groups is 1. The summed E-state index contributed by atoms with van der Waals surface area (Å²) in [7, 11) is 0. The number of carbonyl (C=O) groups excluding carboxylic acids is 1. The van der Waals surface area contributed by atoms with E-state index >= 15 is 0 Å². The Balaban J connectivity index is 1.77. The quantitative estimate of drug-likeness (QED) is 0.431. The molecule has 2 aromatic carbocycles. The monoisotopic (exact) mass is 447 g/mol. The molecule has 170 valence electrons. The molecule has 1 aliphatic carbocycles. The number of carboxylic acids is 1. The van der Waals surface area contributed by atoms with Crippen LogP contribution in [-0.2, 0) is 9.59 Å². The van der Waals surface area contributed by atoms with Crippen LogP contribution in [0.2, 0.25) is 0 Å². The zero-order valence-corrected chi connectivity index (χ0v) is 18.4. The van der Waals surface area contributed by atoms with E-state index in [1.54, 1.807) is 25.1 Å². The van der Waals surface area contributed by atoms with Crippen LogP contribution in [0.15, 0.2) is 54.6 Å². The summed E-state index contributed by atoms with van der Waals surface area (Å²) in [5.41, 5.74) is 4.33. The number of hydrogen-bond acceptors (Lipinski definition) is 4. The molecule has 0 bridgehead atoms. The fourth-order valence-electron chi connectivity index (χ4n) is 4.17. The maximum Gasteiger partial charge on any atom is 0.314 e. The maximum atomic E-state index is 13.6. The number of benzene rings is 2. The van der Waals surface area contributed by atoms with Crippen LogP contribution in [0.3, 0.4) is 0 Å². The van der Waals surface area contributed by atoms with E-state index < -0.39 is 23.8 Å². The van der Waals surface area contributed by atoms with Gasteiger partial charge in [-0.1, -0.05) is 49.4 Å². The van der Waals surface area contributed by atoms with Crippen molar-refractivity contribution in [2.75, 3.05) is 0 Å². The van der Waals surface area contributed by atoms with Gasteiger partial charge in [-0.05, 0) is 43.0 Å². The van der Waals surface area contributed by atoms with Crippen LogP contribution in [0, 0.1) is 11.7 Å². The summed E-state index contributed by atoms with van der Waals surface area (Å²) in [5, 5.41) is 20.6. The molecule has 2 atom stereocenters. The molecule has 0 aliphatic heterocycles. The number of nitrogens with zero attached hydrogens (tertiary/aromatic N) is 1. The number of aliphatic hydroxyl groups excluding tert-OH is 1. The van der Waals surface area contributed by atoms with Crippen molar-refractivity contribution >= 4 is 28.7 Å². The van der Waals surface area contributed by atoms with Gasteiger partial charge in [-0.3, -0.25) is 14.6 Å². The summed E-state index contributed by atoms with van der Waals surface area (Å²) in [6.07, 6.45) is 4.13. The van der Waals surface area contributed by atoms with E-state index in [4.69, 9.17) is 4.98 Å². The first-order chi connectivity index (χ1) is 15.9. The zero-order chi connectivity index (χ0) is 23.5. The Labute approximate surface area is 191 Å². The first-order valence-corrected chi connectivity index (χ1v) is 11.2. The second kappa shape index (κ2) is 9.63. The minimum absolute atomic E-state index is 0.180. The van der Waals surface area contributed by atoms with Gasteiger partial charge in [0.15, 0.2) is 0 Å². The molecule has 6 heteroatoms. The van der Waals surface area contributed by atoms with Crippen LogP contribution in [0.25, 0.3) is 28.1 Å². The third-order valence-electron chi connectivity index (χ3n) is 6.05. The fourth-order valence-corrected chi connectivity index (χ4v) is 4.17. The summed E-state index contributed by atoms with van der Waals surface area (Å²) in [6.45, 7) is 1.64. The molecule has 3 aromatic rings. The smallest absolute Gasteiger partial charge is 0.314 e.